The highest BCUT2D eigenvalue weighted by Gasteiger charge is 2.07. The molecule has 0 bridgehead atoms. The highest BCUT2D eigenvalue weighted by molar-refractivity contribution is 6.16. The molecular weight excluding hydrogens is 206 g/mol. The SMILES string of the molecule is Cc1nnc(Cn2nncc2CCl)o1. The van der Waals surface area contributed by atoms with Crippen LogP contribution in [-0.2, 0) is 12.4 Å². The van der Waals surface area contributed by atoms with Crippen molar-refractivity contribution in [3.05, 3.63) is 23.7 Å². The Hall–Kier alpha value is -1.43. The molecule has 0 saturated carbocycles. The summed E-state index contributed by atoms with van der Waals surface area (Å²) in [4.78, 5) is 0. The third kappa shape index (κ3) is 1.74. The molecule has 6 nitrogen and oxygen atoms in total. The molecule has 0 atom stereocenters. The summed E-state index contributed by atoms with van der Waals surface area (Å²) < 4.78 is 6.83. The van der Waals surface area contributed by atoms with Crippen molar-refractivity contribution >= 4 is 11.6 Å². The molecule has 0 fully saturated rings. The van der Waals surface area contributed by atoms with Gasteiger partial charge in [0.15, 0.2) is 0 Å². The number of hydrogen-bond acceptors (Lipinski definition) is 5. The summed E-state index contributed by atoms with van der Waals surface area (Å²) in [6.07, 6.45) is 1.61. The molecule has 0 radical (unpaired) electrons. The van der Waals surface area contributed by atoms with E-state index in [1.807, 2.05) is 0 Å². The van der Waals surface area contributed by atoms with Crippen LogP contribution >= 0.6 is 11.6 Å². The van der Waals surface area contributed by atoms with Gasteiger partial charge in [0.1, 0.15) is 6.54 Å². The van der Waals surface area contributed by atoms with E-state index in [9.17, 15) is 0 Å². The maximum Gasteiger partial charge on any atom is 0.237 e. The van der Waals surface area contributed by atoms with Crippen LogP contribution in [0.5, 0.6) is 0 Å². The molecule has 7 heteroatoms. The molecule has 14 heavy (non-hydrogen) atoms. The third-order valence-corrected chi connectivity index (χ3v) is 1.96. The summed E-state index contributed by atoms with van der Waals surface area (Å²) in [5.41, 5.74) is 0.822. The number of nitrogens with zero attached hydrogens (tertiary/aromatic N) is 5. The number of halogens is 1. The highest BCUT2D eigenvalue weighted by atomic mass is 35.5. The fourth-order valence-corrected chi connectivity index (χ4v) is 1.25. The summed E-state index contributed by atoms with van der Waals surface area (Å²) in [6, 6.07) is 0. The van der Waals surface area contributed by atoms with Crippen LogP contribution in [0.15, 0.2) is 10.6 Å². The number of alkyl halides is 1. The Kier molecular flexibility index (Phi) is 2.45. The maximum atomic E-state index is 5.68. The van der Waals surface area contributed by atoms with Crippen molar-refractivity contribution in [1.29, 1.82) is 0 Å². The molecule has 0 aliphatic carbocycles. The zero-order valence-corrected chi connectivity index (χ0v) is 8.27. The second-order valence-electron chi connectivity index (χ2n) is 2.73. The van der Waals surface area contributed by atoms with Crippen molar-refractivity contribution in [2.24, 2.45) is 0 Å². The largest absolute Gasteiger partial charge is 0.424 e. The monoisotopic (exact) mass is 213 g/mol. The first-order valence-corrected chi connectivity index (χ1v) is 4.55. The summed E-state index contributed by atoms with van der Waals surface area (Å²) in [6.45, 7) is 2.14. The van der Waals surface area contributed by atoms with Gasteiger partial charge in [0.05, 0.1) is 17.8 Å². The van der Waals surface area contributed by atoms with Gasteiger partial charge in [-0.05, 0) is 0 Å². The summed E-state index contributed by atoms with van der Waals surface area (Å²) in [5.74, 6) is 1.40. The van der Waals surface area contributed by atoms with Gasteiger partial charge in [-0.3, -0.25) is 0 Å². The smallest absolute Gasteiger partial charge is 0.237 e. The molecule has 0 aromatic carbocycles. The molecule has 0 unspecified atom stereocenters. The second kappa shape index (κ2) is 3.75. The molecule has 74 valence electrons. The summed E-state index contributed by atoms with van der Waals surface area (Å²) >= 11 is 5.68. The molecule has 0 saturated heterocycles. The van der Waals surface area contributed by atoms with Gasteiger partial charge >= 0.3 is 0 Å². The van der Waals surface area contributed by atoms with Crippen LogP contribution in [0.4, 0.5) is 0 Å². The Morgan fingerprint density at radius 2 is 2.36 bits per heavy atom. The lowest BCUT2D eigenvalue weighted by Crippen LogP contribution is -2.05. The molecular formula is C7H8ClN5O. The normalized spacial score (nSPS) is 10.7. The van der Waals surface area contributed by atoms with Gasteiger partial charge in [-0.2, -0.15) is 0 Å². The molecule has 2 aromatic heterocycles. The first-order chi connectivity index (χ1) is 6.79. The number of rotatable bonds is 3. The van der Waals surface area contributed by atoms with E-state index >= 15 is 0 Å². The summed E-state index contributed by atoms with van der Waals surface area (Å²) in [5, 5.41) is 15.1. The van der Waals surface area contributed by atoms with Gasteiger partial charge in [0.25, 0.3) is 0 Å². The molecule has 0 amide bonds. The van der Waals surface area contributed by atoms with Crippen LogP contribution in [-0.4, -0.2) is 25.2 Å². The molecule has 0 aliphatic heterocycles. The van der Waals surface area contributed by atoms with Gasteiger partial charge < -0.3 is 4.42 Å². The van der Waals surface area contributed by atoms with E-state index in [0.29, 0.717) is 24.2 Å². The predicted molar refractivity (Wildman–Crippen MR) is 47.7 cm³/mol. The van der Waals surface area contributed by atoms with Crippen LogP contribution in [0.3, 0.4) is 0 Å². The van der Waals surface area contributed by atoms with Gasteiger partial charge in [0, 0.05) is 6.92 Å². The molecule has 0 aliphatic rings. The Labute approximate surface area is 84.9 Å². The van der Waals surface area contributed by atoms with Crippen LogP contribution in [0.25, 0.3) is 0 Å². The fourth-order valence-electron chi connectivity index (χ4n) is 1.05. The van der Waals surface area contributed by atoms with Gasteiger partial charge in [-0.15, -0.1) is 26.9 Å². The van der Waals surface area contributed by atoms with Crippen molar-refractivity contribution in [2.75, 3.05) is 0 Å². The maximum absolute atomic E-state index is 5.68. The lowest BCUT2D eigenvalue weighted by atomic mass is 10.5. The summed E-state index contributed by atoms with van der Waals surface area (Å²) in [7, 11) is 0. The first kappa shape index (κ1) is 9.14. The quantitative estimate of drug-likeness (QED) is 0.704. The van der Waals surface area contributed by atoms with E-state index in [1.54, 1.807) is 17.8 Å². The Balaban J connectivity index is 2.18. The minimum atomic E-state index is 0.361. The minimum Gasteiger partial charge on any atom is -0.424 e. The lowest BCUT2D eigenvalue weighted by molar-refractivity contribution is 0.438. The standard InChI is InChI=1S/C7H8ClN5O/c1-5-10-11-7(14-5)4-13-6(2-8)3-9-12-13/h3H,2,4H2,1H3. The van der Waals surface area contributed by atoms with E-state index in [0.717, 1.165) is 5.69 Å². The molecule has 0 N–H and O–H groups in total. The lowest BCUT2D eigenvalue weighted by Gasteiger charge is -1.98. The van der Waals surface area contributed by atoms with Crippen molar-refractivity contribution in [1.82, 2.24) is 25.2 Å². The van der Waals surface area contributed by atoms with Crippen molar-refractivity contribution in [3.8, 4) is 0 Å². The first-order valence-electron chi connectivity index (χ1n) is 4.02. The van der Waals surface area contributed by atoms with Crippen LogP contribution in [0.1, 0.15) is 17.5 Å². The average molecular weight is 214 g/mol. The Morgan fingerprint density at radius 3 is 3.00 bits per heavy atom. The zero-order chi connectivity index (χ0) is 9.97. The Morgan fingerprint density at radius 1 is 1.50 bits per heavy atom. The highest BCUT2D eigenvalue weighted by Crippen LogP contribution is 2.05. The predicted octanol–water partition coefficient (Wildman–Crippen LogP) is 0.757. The zero-order valence-electron chi connectivity index (χ0n) is 7.51. The molecule has 2 rings (SSSR count). The Bertz CT molecular complexity index is 423. The van der Waals surface area contributed by atoms with E-state index in [1.165, 1.54) is 0 Å². The number of aromatic nitrogens is 5. The molecule has 0 spiro atoms. The van der Waals surface area contributed by atoms with E-state index in [2.05, 4.69) is 20.5 Å². The van der Waals surface area contributed by atoms with Crippen LogP contribution in [0, 0.1) is 6.92 Å². The minimum absolute atomic E-state index is 0.361. The van der Waals surface area contributed by atoms with Crippen LogP contribution in [0.2, 0.25) is 0 Å². The third-order valence-electron chi connectivity index (χ3n) is 1.69. The number of hydrogen-bond donors (Lipinski definition) is 0. The van der Waals surface area contributed by atoms with E-state index < -0.39 is 0 Å². The van der Waals surface area contributed by atoms with Gasteiger partial charge in [0.2, 0.25) is 11.8 Å². The average Bonchev–Trinajstić information content (AvgIpc) is 2.76. The molecule has 2 heterocycles. The number of aryl methyl sites for hydroxylation is 1. The van der Waals surface area contributed by atoms with E-state index in [-0.39, 0.29) is 0 Å². The van der Waals surface area contributed by atoms with E-state index in [4.69, 9.17) is 16.0 Å². The second-order valence-corrected chi connectivity index (χ2v) is 3.00. The topological polar surface area (TPSA) is 69.6 Å². The van der Waals surface area contributed by atoms with Crippen molar-refractivity contribution in [2.45, 2.75) is 19.3 Å². The van der Waals surface area contributed by atoms with Gasteiger partial charge in [-0.25, -0.2) is 4.68 Å². The fraction of sp³-hybridized carbons (Fsp3) is 0.429. The van der Waals surface area contributed by atoms with Crippen molar-refractivity contribution in [3.63, 3.8) is 0 Å². The van der Waals surface area contributed by atoms with Gasteiger partial charge in [-0.1, -0.05) is 5.21 Å². The molecule has 2 aromatic rings. The van der Waals surface area contributed by atoms with Crippen molar-refractivity contribution < 1.29 is 4.42 Å². The van der Waals surface area contributed by atoms with Crippen LogP contribution < -0.4 is 0 Å².